The fourth-order valence-electron chi connectivity index (χ4n) is 3.21. The third kappa shape index (κ3) is 1.13. The second-order valence-corrected chi connectivity index (χ2v) is 4.66. The van der Waals surface area contributed by atoms with Gasteiger partial charge in [0, 0.05) is 6.54 Å². The Hall–Kier alpha value is -1.08. The Balaban J connectivity index is 2.15. The molecule has 2 aliphatic rings. The molecule has 1 atom stereocenters. The van der Waals surface area contributed by atoms with Crippen molar-refractivity contribution in [1.29, 1.82) is 0 Å². The number of nitrogens with zero attached hydrogens (tertiary/aromatic N) is 1. The first-order chi connectivity index (χ1) is 7.37. The standard InChI is InChI=1S/C14H17N/c1-2-14-9-5-6-10-15(14)11-12-7-3-4-8-13(12)14/h2-4,7-8H,1,5-6,9-11H2. The molecule has 0 amide bonds. The summed E-state index contributed by atoms with van der Waals surface area (Å²) in [5.74, 6) is 0. The Morgan fingerprint density at radius 3 is 3.00 bits per heavy atom. The van der Waals surface area contributed by atoms with Crippen molar-refractivity contribution in [2.24, 2.45) is 0 Å². The summed E-state index contributed by atoms with van der Waals surface area (Å²) in [6.07, 6.45) is 6.08. The van der Waals surface area contributed by atoms with Gasteiger partial charge in [-0.2, -0.15) is 0 Å². The lowest BCUT2D eigenvalue weighted by molar-refractivity contribution is 0.0998. The van der Waals surface area contributed by atoms with Gasteiger partial charge < -0.3 is 0 Å². The zero-order chi connectivity index (χ0) is 10.3. The first kappa shape index (κ1) is 9.17. The molecular weight excluding hydrogens is 182 g/mol. The normalized spacial score (nSPS) is 29.6. The van der Waals surface area contributed by atoms with E-state index in [0.29, 0.717) is 0 Å². The molecule has 1 aromatic carbocycles. The summed E-state index contributed by atoms with van der Waals surface area (Å²) in [6, 6.07) is 8.84. The van der Waals surface area contributed by atoms with Crippen LogP contribution in [0.15, 0.2) is 36.9 Å². The summed E-state index contributed by atoms with van der Waals surface area (Å²) < 4.78 is 0. The van der Waals surface area contributed by atoms with Gasteiger partial charge in [0.05, 0.1) is 5.54 Å². The molecular formula is C14H17N. The summed E-state index contributed by atoms with van der Waals surface area (Å²) in [4.78, 5) is 2.59. The van der Waals surface area contributed by atoms with Gasteiger partial charge in [0.15, 0.2) is 0 Å². The van der Waals surface area contributed by atoms with Crippen LogP contribution in [0, 0.1) is 0 Å². The molecule has 1 fully saturated rings. The molecule has 0 spiro atoms. The summed E-state index contributed by atoms with van der Waals surface area (Å²) in [5, 5.41) is 0. The Morgan fingerprint density at radius 2 is 2.13 bits per heavy atom. The molecule has 15 heavy (non-hydrogen) atoms. The van der Waals surface area contributed by atoms with E-state index in [4.69, 9.17) is 0 Å². The number of benzene rings is 1. The highest BCUT2D eigenvalue weighted by Crippen LogP contribution is 2.45. The van der Waals surface area contributed by atoms with Gasteiger partial charge in [0.1, 0.15) is 0 Å². The molecule has 0 N–H and O–H groups in total. The van der Waals surface area contributed by atoms with Crippen LogP contribution in [0.4, 0.5) is 0 Å². The van der Waals surface area contributed by atoms with Crippen molar-refractivity contribution in [2.45, 2.75) is 31.3 Å². The largest absolute Gasteiger partial charge is 0.286 e. The van der Waals surface area contributed by atoms with Gasteiger partial charge in [-0.3, -0.25) is 4.90 Å². The van der Waals surface area contributed by atoms with Crippen LogP contribution in [0.5, 0.6) is 0 Å². The van der Waals surface area contributed by atoms with E-state index in [2.05, 4.69) is 41.8 Å². The average Bonchev–Trinajstić information content (AvgIpc) is 2.64. The quantitative estimate of drug-likeness (QED) is 0.628. The number of piperidine rings is 1. The van der Waals surface area contributed by atoms with Gasteiger partial charge in [-0.25, -0.2) is 0 Å². The number of fused-ring (bicyclic) bond motifs is 3. The van der Waals surface area contributed by atoms with Crippen molar-refractivity contribution < 1.29 is 0 Å². The van der Waals surface area contributed by atoms with Gasteiger partial charge >= 0.3 is 0 Å². The minimum absolute atomic E-state index is 0.162. The van der Waals surface area contributed by atoms with Crippen LogP contribution >= 0.6 is 0 Å². The molecule has 2 aliphatic heterocycles. The monoisotopic (exact) mass is 199 g/mol. The maximum atomic E-state index is 4.07. The van der Waals surface area contributed by atoms with Gasteiger partial charge in [0.25, 0.3) is 0 Å². The van der Waals surface area contributed by atoms with E-state index < -0.39 is 0 Å². The van der Waals surface area contributed by atoms with Gasteiger partial charge in [-0.05, 0) is 36.9 Å². The zero-order valence-electron chi connectivity index (χ0n) is 9.08. The number of hydrogen-bond acceptors (Lipinski definition) is 1. The zero-order valence-corrected chi connectivity index (χ0v) is 9.08. The topological polar surface area (TPSA) is 3.24 Å². The van der Waals surface area contributed by atoms with E-state index in [-0.39, 0.29) is 5.54 Å². The highest BCUT2D eigenvalue weighted by Gasteiger charge is 2.43. The Labute approximate surface area is 91.4 Å². The van der Waals surface area contributed by atoms with Crippen LogP contribution in [0.3, 0.4) is 0 Å². The molecule has 0 bridgehead atoms. The lowest BCUT2D eigenvalue weighted by atomic mass is 9.82. The molecule has 0 aliphatic carbocycles. The van der Waals surface area contributed by atoms with E-state index in [1.807, 2.05) is 0 Å². The van der Waals surface area contributed by atoms with E-state index in [9.17, 15) is 0 Å². The van der Waals surface area contributed by atoms with Crippen molar-refractivity contribution >= 4 is 0 Å². The molecule has 3 rings (SSSR count). The van der Waals surface area contributed by atoms with Crippen LogP contribution in [-0.2, 0) is 12.1 Å². The minimum Gasteiger partial charge on any atom is -0.286 e. The van der Waals surface area contributed by atoms with E-state index in [1.54, 1.807) is 0 Å². The maximum Gasteiger partial charge on any atom is 0.0648 e. The van der Waals surface area contributed by atoms with Crippen LogP contribution in [0.2, 0.25) is 0 Å². The molecule has 1 aromatic rings. The highest BCUT2D eigenvalue weighted by molar-refractivity contribution is 5.42. The Bertz CT molecular complexity index is 396. The van der Waals surface area contributed by atoms with E-state index >= 15 is 0 Å². The lowest BCUT2D eigenvalue weighted by Gasteiger charge is -2.40. The number of hydrogen-bond donors (Lipinski definition) is 0. The fraction of sp³-hybridized carbons (Fsp3) is 0.429. The molecule has 2 heterocycles. The van der Waals surface area contributed by atoms with Crippen molar-refractivity contribution in [3.63, 3.8) is 0 Å². The molecule has 0 radical (unpaired) electrons. The lowest BCUT2D eigenvalue weighted by Crippen LogP contribution is -2.42. The van der Waals surface area contributed by atoms with Crippen molar-refractivity contribution in [1.82, 2.24) is 4.90 Å². The minimum atomic E-state index is 0.162. The molecule has 78 valence electrons. The average molecular weight is 199 g/mol. The molecule has 1 nitrogen and oxygen atoms in total. The number of rotatable bonds is 1. The van der Waals surface area contributed by atoms with E-state index in [1.165, 1.54) is 36.9 Å². The third-order valence-electron chi connectivity index (χ3n) is 3.98. The van der Waals surface area contributed by atoms with Crippen LogP contribution in [0.25, 0.3) is 0 Å². The second kappa shape index (κ2) is 3.21. The molecule has 1 unspecified atom stereocenters. The van der Waals surface area contributed by atoms with E-state index in [0.717, 1.165) is 6.54 Å². The first-order valence-electron chi connectivity index (χ1n) is 5.84. The Kier molecular flexibility index (Phi) is 1.96. The fourth-order valence-corrected chi connectivity index (χ4v) is 3.21. The third-order valence-corrected chi connectivity index (χ3v) is 3.98. The van der Waals surface area contributed by atoms with Crippen LogP contribution in [-0.4, -0.2) is 11.4 Å². The van der Waals surface area contributed by atoms with Crippen LogP contribution in [0.1, 0.15) is 30.4 Å². The predicted molar refractivity (Wildman–Crippen MR) is 62.6 cm³/mol. The van der Waals surface area contributed by atoms with Crippen molar-refractivity contribution in [3.05, 3.63) is 48.0 Å². The summed E-state index contributed by atoms with van der Waals surface area (Å²) >= 11 is 0. The smallest absolute Gasteiger partial charge is 0.0648 e. The summed E-state index contributed by atoms with van der Waals surface area (Å²) in [7, 11) is 0. The molecule has 0 aromatic heterocycles. The van der Waals surface area contributed by atoms with Gasteiger partial charge in [0.2, 0.25) is 0 Å². The first-order valence-corrected chi connectivity index (χ1v) is 5.84. The van der Waals surface area contributed by atoms with Gasteiger partial charge in [-0.15, -0.1) is 6.58 Å². The summed E-state index contributed by atoms with van der Waals surface area (Å²) in [6.45, 7) is 6.41. The van der Waals surface area contributed by atoms with Crippen LogP contribution < -0.4 is 0 Å². The molecule has 1 saturated heterocycles. The highest BCUT2D eigenvalue weighted by atomic mass is 15.2. The maximum absolute atomic E-state index is 4.07. The molecule has 1 heteroatoms. The predicted octanol–water partition coefficient (Wildman–Crippen LogP) is 3.07. The summed E-state index contributed by atoms with van der Waals surface area (Å²) in [5.41, 5.74) is 3.16. The Morgan fingerprint density at radius 1 is 1.27 bits per heavy atom. The molecule has 0 saturated carbocycles. The van der Waals surface area contributed by atoms with Gasteiger partial charge in [-0.1, -0.05) is 30.3 Å². The van der Waals surface area contributed by atoms with Crippen molar-refractivity contribution in [3.8, 4) is 0 Å². The van der Waals surface area contributed by atoms with Crippen molar-refractivity contribution in [2.75, 3.05) is 6.54 Å². The second-order valence-electron chi connectivity index (χ2n) is 4.66. The SMILES string of the molecule is C=CC12CCCCN1Cc1ccccc12.